The second kappa shape index (κ2) is 10.8. The molecule has 0 aliphatic heterocycles. The van der Waals surface area contributed by atoms with Crippen molar-refractivity contribution in [3.8, 4) is 0 Å². The molecule has 130 valence electrons. The molecule has 0 aliphatic carbocycles. The summed E-state index contributed by atoms with van der Waals surface area (Å²) >= 11 is 5.12. The van der Waals surface area contributed by atoms with E-state index in [1.165, 1.54) is 5.56 Å². The number of benzene rings is 2. The number of thioether (sulfide) groups is 1. The smallest absolute Gasteiger partial charge is 0.252 e. The zero-order valence-electron chi connectivity index (χ0n) is 13.7. The zero-order valence-corrected chi connectivity index (χ0v) is 16.9. The average molecular weight is 430 g/mol. The van der Waals surface area contributed by atoms with Gasteiger partial charge in [-0.05, 0) is 43.8 Å². The SMILES string of the molecule is CNC(C)CNC(=O)c1ccccc1SCc1ccc(Br)cc1.Cl. The molecule has 3 nitrogen and oxygen atoms in total. The molecule has 24 heavy (non-hydrogen) atoms. The van der Waals surface area contributed by atoms with Gasteiger partial charge in [0.05, 0.1) is 5.56 Å². The minimum absolute atomic E-state index is 0. The summed E-state index contributed by atoms with van der Waals surface area (Å²) in [5, 5.41) is 6.09. The minimum Gasteiger partial charge on any atom is -0.350 e. The lowest BCUT2D eigenvalue weighted by Gasteiger charge is -2.13. The van der Waals surface area contributed by atoms with Gasteiger partial charge in [0.15, 0.2) is 0 Å². The van der Waals surface area contributed by atoms with Gasteiger partial charge in [-0.3, -0.25) is 4.79 Å². The number of hydrogen-bond donors (Lipinski definition) is 2. The van der Waals surface area contributed by atoms with Crippen LogP contribution in [0.3, 0.4) is 0 Å². The van der Waals surface area contributed by atoms with Gasteiger partial charge in [0.1, 0.15) is 0 Å². The van der Waals surface area contributed by atoms with Crippen LogP contribution in [0.15, 0.2) is 57.9 Å². The number of likely N-dealkylation sites (N-methyl/N-ethyl adjacent to an activating group) is 1. The Morgan fingerprint density at radius 2 is 1.83 bits per heavy atom. The zero-order chi connectivity index (χ0) is 16.7. The largest absolute Gasteiger partial charge is 0.350 e. The van der Waals surface area contributed by atoms with Crippen LogP contribution in [0.25, 0.3) is 0 Å². The third-order valence-corrected chi connectivity index (χ3v) is 5.17. The first-order valence-corrected chi connectivity index (χ1v) is 9.29. The molecule has 2 aromatic carbocycles. The molecule has 2 aromatic rings. The van der Waals surface area contributed by atoms with Crippen LogP contribution in [0.1, 0.15) is 22.8 Å². The molecule has 0 aromatic heterocycles. The summed E-state index contributed by atoms with van der Waals surface area (Å²) in [5.74, 6) is 0.816. The number of rotatable bonds is 7. The maximum absolute atomic E-state index is 12.4. The van der Waals surface area contributed by atoms with Crippen LogP contribution in [0.2, 0.25) is 0 Å². The first-order chi connectivity index (χ1) is 11.1. The Morgan fingerprint density at radius 3 is 2.50 bits per heavy atom. The van der Waals surface area contributed by atoms with Gasteiger partial charge in [-0.15, -0.1) is 24.2 Å². The van der Waals surface area contributed by atoms with Crippen molar-refractivity contribution in [1.29, 1.82) is 0 Å². The Bertz CT molecular complexity index is 652. The molecule has 0 fully saturated rings. The standard InChI is InChI=1S/C18H21BrN2OS.ClH/c1-13(20-2)11-21-18(22)16-5-3-4-6-17(16)23-12-14-7-9-15(19)10-8-14;/h3-10,13,20H,11-12H2,1-2H3,(H,21,22);1H. The molecule has 0 aliphatic rings. The first kappa shape index (κ1) is 21.0. The van der Waals surface area contributed by atoms with Crippen molar-refractivity contribution in [2.45, 2.75) is 23.6 Å². The highest BCUT2D eigenvalue weighted by molar-refractivity contribution is 9.10. The van der Waals surface area contributed by atoms with Gasteiger partial charge in [0, 0.05) is 27.7 Å². The number of nitrogens with one attached hydrogen (secondary N) is 2. The summed E-state index contributed by atoms with van der Waals surface area (Å²) in [4.78, 5) is 13.4. The molecule has 0 radical (unpaired) electrons. The molecular weight excluding hydrogens is 408 g/mol. The second-order valence-corrected chi connectivity index (χ2v) is 7.24. The Hall–Kier alpha value is -1.01. The fourth-order valence-corrected chi connectivity index (χ4v) is 3.23. The maximum Gasteiger partial charge on any atom is 0.252 e. The molecule has 1 atom stereocenters. The Labute approximate surface area is 162 Å². The molecule has 0 bridgehead atoms. The van der Waals surface area contributed by atoms with Crippen molar-refractivity contribution in [3.05, 3.63) is 64.1 Å². The molecule has 1 unspecified atom stereocenters. The third-order valence-electron chi connectivity index (χ3n) is 3.50. The van der Waals surface area contributed by atoms with Crippen molar-refractivity contribution in [2.75, 3.05) is 13.6 Å². The van der Waals surface area contributed by atoms with E-state index in [4.69, 9.17) is 0 Å². The number of halogens is 2. The van der Waals surface area contributed by atoms with Crippen LogP contribution < -0.4 is 10.6 Å². The Balaban J connectivity index is 0.00000288. The molecule has 0 saturated heterocycles. The Kier molecular flexibility index (Phi) is 9.44. The van der Waals surface area contributed by atoms with E-state index in [0.717, 1.165) is 20.7 Å². The summed E-state index contributed by atoms with van der Waals surface area (Å²) in [6.45, 7) is 2.65. The topological polar surface area (TPSA) is 41.1 Å². The van der Waals surface area contributed by atoms with Crippen LogP contribution in [0.5, 0.6) is 0 Å². The number of amides is 1. The predicted octanol–water partition coefficient (Wildman–Crippen LogP) is 4.50. The van der Waals surface area contributed by atoms with Crippen LogP contribution in [-0.4, -0.2) is 25.5 Å². The van der Waals surface area contributed by atoms with Gasteiger partial charge in [0.2, 0.25) is 0 Å². The van der Waals surface area contributed by atoms with Crippen molar-refractivity contribution >= 4 is 46.0 Å². The summed E-state index contributed by atoms with van der Waals surface area (Å²) in [7, 11) is 1.89. The lowest BCUT2D eigenvalue weighted by molar-refractivity contribution is 0.0947. The molecule has 0 spiro atoms. The average Bonchev–Trinajstić information content (AvgIpc) is 2.59. The van der Waals surface area contributed by atoms with Gasteiger partial charge >= 0.3 is 0 Å². The fourth-order valence-electron chi connectivity index (χ4n) is 1.96. The summed E-state index contributed by atoms with van der Waals surface area (Å²) in [6, 6.07) is 16.3. The highest BCUT2D eigenvalue weighted by Gasteiger charge is 2.12. The van der Waals surface area contributed by atoms with Crippen molar-refractivity contribution < 1.29 is 4.79 Å². The highest BCUT2D eigenvalue weighted by Crippen LogP contribution is 2.26. The van der Waals surface area contributed by atoms with Gasteiger partial charge in [0.25, 0.3) is 5.91 Å². The van der Waals surface area contributed by atoms with Gasteiger partial charge in [-0.1, -0.05) is 40.2 Å². The van der Waals surface area contributed by atoms with Crippen LogP contribution in [0.4, 0.5) is 0 Å². The predicted molar refractivity (Wildman–Crippen MR) is 108 cm³/mol. The summed E-state index contributed by atoms with van der Waals surface area (Å²) in [6.07, 6.45) is 0. The van der Waals surface area contributed by atoms with Gasteiger partial charge in [-0.2, -0.15) is 0 Å². The normalized spacial score (nSPS) is 11.5. The molecule has 2 rings (SSSR count). The second-order valence-electron chi connectivity index (χ2n) is 5.31. The van der Waals surface area contributed by atoms with E-state index in [0.29, 0.717) is 6.54 Å². The first-order valence-electron chi connectivity index (χ1n) is 7.52. The summed E-state index contributed by atoms with van der Waals surface area (Å²) < 4.78 is 1.07. The quantitative estimate of drug-likeness (QED) is 0.637. The van der Waals surface area contributed by atoms with E-state index in [2.05, 4.69) is 38.7 Å². The molecule has 6 heteroatoms. The van der Waals surface area contributed by atoms with Crippen LogP contribution in [0, 0.1) is 0 Å². The molecule has 1 amide bonds. The van der Waals surface area contributed by atoms with Crippen molar-refractivity contribution in [2.24, 2.45) is 0 Å². The number of carbonyl (C=O) groups excluding carboxylic acids is 1. The van der Waals surface area contributed by atoms with E-state index in [9.17, 15) is 4.79 Å². The maximum atomic E-state index is 12.4. The Morgan fingerprint density at radius 1 is 1.17 bits per heavy atom. The molecular formula is C18H22BrClN2OS. The van der Waals surface area contributed by atoms with E-state index >= 15 is 0 Å². The fraction of sp³-hybridized carbons (Fsp3) is 0.278. The number of carbonyl (C=O) groups is 1. The van der Waals surface area contributed by atoms with Crippen molar-refractivity contribution in [3.63, 3.8) is 0 Å². The third kappa shape index (κ3) is 6.48. The van der Waals surface area contributed by atoms with Crippen LogP contribution >= 0.6 is 40.1 Å². The molecule has 2 N–H and O–H groups in total. The van der Waals surface area contributed by atoms with E-state index in [1.54, 1.807) is 11.8 Å². The van der Waals surface area contributed by atoms with E-state index < -0.39 is 0 Å². The van der Waals surface area contributed by atoms with Crippen molar-refractivity contribution in [1.82, 2.24) is 10.6 Å². The monoisotopic (exact) mass is 428 g/mol. The van der Waals surface area contributed by atoms with Gasteiger partial charge < -0.3 is 10.6 Å². The summed E-state index contributed by atoms with van der Waals surface area (Å²) in [5.41, 5.74) is 1.97. The minimum atomic E-state index is -0.0222. The lowest BCUT2D eigenvalue weighted by Crippen LogP contribution is -2.37. The number of hydrogen-bond acceptors (Lipinski definition) is 3. The van der Waals surface area contributed by atoms with E-state index in [1.807, 2.05) is 50.4 Å². The molecule has 0 saturated carbocycles. The van der Waals surface area contributed by atoms with Crippen LogP contribution in [-0.2, 0) is 5.75 Å². The molecule has 0 heterocycles. The lowest BCUT2D eigenvalue weighted by atomic mass is 10.2. The highest BCUT2D eigenvalue weighted by atomic mass is 79.9. The van der Waals surface area contributed by atoms with Gasteiger partial charge in [-0.25, -0.2) is 0 Å². The van der Waals surface area contributed by atoms with E-state index in [-0.39, 0.29) is 24.4 Å².